The number of aromatic nitrogens is 1. The number of Topliss-reactive ketones (excluding diaryl/α,β-unsaturated/α-hetero) is 4. The van der Waals surface area contributed by atoms with Gasteiger partial charge < -0.3 is 0 Å². The quantitative estimate of drug-likeness (QED) is 0.130. The van der Waals surface area contributed by atoms with Gasteiger partial charge in [-0.25, -0.2) is 4.98 Å². The molecule has 1 aromatic heterocycles. The molecule has 0 bridgehead atoms. The zero-order valence-corrected chi connectivity index (χ0v) is 28.1. The van der Waals surface area contributed by atoms with E-state index in [1.165, 1.54) is 28.7 Å². The smallest absolute Gasteiger partial charge is 0.181 e. The maximum atomic E-state index is 13.3. The first-order chi connectivity index (χ1) is 23.2. The third-order valence-electron chi connectivity index (χ3n) is 9.86. The molecule has 0 saturated carbocycles. The first kappa shape index (κ1) is 33.4. The highest BCUT2D eigenvalue weighted by Crippen LogP contribution is 2.25. The molecule has 0 unspecified atom stereocenters. The first-order valence-corrected chi connectivity index (χ1v) is 17.3. The largest absolute Gasteiger partial charge is 0.296 e. The number of ketones is 4. The number of hydrogen-bond acceptors (Lipinski definition) is 6. The summed E-state index contributed by atoms with van der Waals surface area (Å²) in [6.45, 7) is 2.86. The van der Waals surface area contributed by atoms with Crippen molar-refractivity contribution in [3.63, 3.8) is 0 Å². The molecule has 4 aromatic rings. The molecule has 0 radical (unpaired) electrons. The zero-order valence-electron chi connectivity index (χ0n) is 28.1. The number of hydrogen-bond donors (Lipinski definition) is 0. The first-order valence-electron chi connectivity index (χ1n) is 17.3. The van der Waals surface area contributed by atoms with Gasteiger partial charge in [0.25, 0.3) is 0 Å². The molecule has 48 heavy (non-hydrogen) atoms. The minimum Gasteiger partial charge on any atom is -0.296 e. The Kier molecular flexibility index (Phi) is 10.5. The number of fused-ring (bicyclic) bond motifs is 2. The molecule has 6 heteroatoms. The predicted molar refractivity (Wildman–Crippen MR) is 188 cm³/mol. The summed E-state index contributed by atoms with van der Waals surface area (Å²) in [6, 6.07) is 23.3. The number of aryl methyl sites for hydroxylation is 5. The number of carbonyl (C=O) groups is 4. The summed E-state index contributed by atoms with van der Waals surface area (Å²) < 4.78 is 0. The second kappa shape index (κ2) is 15.1. The highest BCUT2D eigenvalue weighted by atomic mass is 16.1. The van der Waals surface area contributed by atoms with Gasteiger partial charge in [-0.3, -0.25) is 24.1 Å². The summed E-state index contributed by atoms with van der Waals surface area (Å²) >= 11 is 0. The average Bonchev–Trinajstić information content (AvgIpc) is 3.58. The van der Waals surface area contributed by atoms with Gasteiger partial charge in [-0.15, -0.1) is 0 Å². The van der Waals surface area contributed by atoms with Crippen molar-refractivity contribution in [3.8, 4) is 0 Å². The number of pyridine rings is 1. The normalized spacial score (nSPS) is 13.6. The molecular formula is C42H44N2O4. The summed E-state index contributed by atoms with van der Waals surface area (Å²) in [5.74, 6) is -0.175. The fourth-order valence-corrected chi connectivity index (χ4v) is 7.14. The molecule has 0 amide bonds. The lowest BCUT2D eigenvalue weighted by molar-refractivity contribution is 0.0914. The van der Waals surface area contributed by atoms with Crippen LogP contribution in [0.15, 0.2) is 72.8 Å². The van der Waals surface area contributed by atoms with Gasteiger partial charge in [0.2, 0.25) is 0 Å². The maximum Gasteiger partial charge on any atom is 0.181 e. The third-order valence-corrected chi connectivity index (χ3v) is 9.86. The van der Waals surface area contributed by atoms with Crippen LogP contribution in [-0.4, -0.2) is 40.1 Å². The molecule has 0 N–H and O–H groups in total. The molecule has 0 saturated heterocycles. The lowest BCUT2D eigenvalue weighted by Gasteiger charge is -2.19. The lowest BCUT2D eigenvalue weighted by atomic mass is 9.89. The molecule has 0 spiro atoms. The zero-order chi connectivity index (χ0) is 33.6. The SMILES string of the molecule is Cc1ccc(CN(C)Cc2ccccc2C(=O)CCC(=O)c2ccc3c(c2)CCCC3)nc1C(=O)CCC(=O)c1ccc2c(c1)CCC2. The van der Waals surface area contributed by atoms with E-state index in [4.69, 9.17) is 4.98 Å². The Labute approximate surface area is 283 Å². The number of benzene rings is 3. The van der Waals surface area contributed by atoms with E-state index < -0.39 is 0 Å². The van der Waals surface area contributed by atoms with Gasteiger partial charge in [0.15, 0.2) is 23.1 Å². The molecule has 0 atom stereocenters. The number of nitrogens with zero attached hydrogens (tertiary/aromatic N) is 2. The van der Waals surface area contributed by atoms with E-state index in [1.807, 2.05) is 74.6 Å². The molecular weight excluding hydrogens is 596 g/mol. The minimum absolute atomic E-state index is 0.00900. The Balaban J connectivity index is 1.04. The molecule has 2 aliphatic carbocycles. The van der Waals surface area contributed by atoms with Crippen molar-refractivity contribution < 1.29 is 19.2 Å². The highest BCUT2D eigenvalue weighted by Gasteiger charge is 2.20. The summed E-state index contributed by atoms with van der Waals surface area (Å²) in [5, 5.41) is 0. The maximum absolute atomic E-state index is 13.3. The molecule has 6 rings (SSSR count). The van der Waals surface area contributed by atoms with Crippen LogP contribution in [0.25, 0.3) is 0 Å². The van der Waals surface area contributed by atoms with Crippen molar-refractivity contribution >= 4 is 23.1 Å². The van der Waals surface area contributed by atoms with Gasteiger partial charge >= 0.3 is 0 Å². The van der Waals surface area contributed by atoms with Crippen molar-refractivity contribution in [1.82, 2.24) is 9.88 Å². The van der Waals surface area contributed by atoms with Crippen molar-refractivity contribution in [2.75, 3.05) is 7.05 Å². The Bertz CT molecular complexity index is 1870. The van der Waals surface area contributed by atoms with Crippen LogP contribution in [0.5, 0.6) is 0 Å². The monoisotopic (exact) mass is 640 g/mol. The van der Waals surface area contributed by atoms with Crippen molar-refractivity contribution in [2.24, 2.45) is 0 Å². The topological polar surface area (TPSA) is 84.4 Å². The molecule has 3 aromatic carbocycles. The Morgan fingerprint density at radius 2 is 1.17 bits per heavy atom. The van der Waals surface area contributed by atoms with E-state index in [2.05, 4.69) is 17.0 Å². The van der Waals surface area contributed by atoms with E-state index in [-0.39, 0.29) is 48.8 Å². The van der Waals surface area contributed by atoms with Crippen LogP contribution in [0.1, 0.15) is 126 Å². The second-order valence-corrected chi connectivity index (χ2v) is 13.5. The Hall–Kier alpha value is -4.55. The van der Waals surface area contributed by atoms with E-state index in [0.717, 1.165) is 55.3 Å². The van der Waals surface area contributed by atoms with Crippen molar-refractivity contribution in [2.45, 2.75) is 90.6 Å². The Morgan fingerprint density at radius 1 is 0.604 bits per heavy atom. The van der Waals surface area contributed by atoms with Crippen LogP contribution in [0.4, 0.5) is 0 Å². The van der Waals surface area contributed by atoms with E-state index in [0.29, 0.717) is 35.5 Å². The van der Waals surface area contributed by atoms with Gasteiger partial charge in [0.05, 0.1) is 5.69 Å². The fraction of sp³-hybridized carbons (Fsp3) is 0.357. The van der Waals surface area contributed by atoms with E-state index in [9.17, 15) is 19.2 Å². The van der Waals surface area contributed by atoms with Crippen LogP contribution in [0.2, 0.25) is 0 Å². The third kappa shape index (κ3) is 7.94. The standard InChI is InChI=1S/C42H44N2O4/c1-28-14-19-36(43-42(28)41(48)23-21-39(46)34-18-16-30-11-7-12-32(30)25-34)27-44(2)26-35-10-5-6-13-37(35)40(47)22-20-38(45)33-17-15-29-8-3-4-9-31(29)24-33/h5-6,10,13-19,24-25H,3-4,7-9,11-12,20-23,26-27H2,1-2H3. The molecule has 2 aliphatic rings. The lowest BCUT2D eigenvalue weighted by Crippen LogP contribution is -2.21. The summed E-state index contributed by atoms with van der Waals surface area (Å²) in [4.78, 5) is 59.2. The van der Waals surface area contributed by atoms with Crippen LogP contribution in [0, 0.1) is 6.92 Å². The summed E-state index contributed by atoms with van der Waals surface area (Å²) in [6.07, 6.45) is 8.29. The van der Waals surface area contributed by atoms with Crippen LogP contribution >= 0.6 is 0 Å². The van der Waals surface area contributed by atoms with Gasteiger partial charge in [-0.1, -0.05) is 54.6 Å². The van der Waals surface area contributed by atoms with Crippen LogP contribution < -0.4 is 0 Å². The molecule has 0 aliphatic heterocycles. The fourth-order valence-electron chi connectivity index (χ4n) is 7.14. The second-order valence-electron chi connectivity index (χ2n) is 13.5. The highest BCUT2D eigenvalue weighted by molar-refractivity contribution is 6.03. The van der Waals surface area contributed by atoms with Gasteiger partial charge in [0, 0.05) is 55.5 Å². The molecule has 1 heterocycles. The van der Waals surface area contributed by atoms with Crippen LogP contribution in [-0.2, 0) is 38.8 Å². The van der Waals surface area contributed by atoms with E-state index >= 15 is 0 Å². The van der Waals surface area contributed by atoms with E-state index in [1.54, 1.807) is 0 Å². The van der Waals surface area contributed by atoms with Gasteiger partial charge in [-0.2, -0.15) is 0 Å². The van der Waals surface area contributed by atoms with Crippen molar-refractivity contribution in [3.05, 3.63) is 134 Å². The van der Waals surface area contributed by atoms with Gasteiger partial charge in [0.1, 0.15) is 5.69 Å². The minimum atomic E-state index is -0.132. The summed E-state index contributed by atoms with van der Waals surface area (Å²) in [7, 11) is 1.96. The van der Waals surface area contributed by atoms with Crippen LogP contribution in [0.3, 0.4) is 0 Å². The Morgan fingerprint density at radius 3 is 1.85 bits per heavy atom. The molecule has 246 valence electrons. The number of carbonyl (C=O) groups excluding carboxylic acids is 4. The predicted octanol–water partition coefficient (Wildman–Crippen LogP) is 8.08. The number of rotatable bonds is 14. The van der Waals surface area contributed by atoms with Crippen molar-refractivity contribution in [1.29, 1.82) is 0 Å². The van der Waals surface area contributed by atoms with Gasteiger partial charge in [-0.05, 0) is 110 Å². The average molecular weight is 641 g/mol. The molecule has 6 nitrogen and oxygen atoms in total. The summed E-state index contributed by atoms with van der Waals surface area (Å²) in [5.41, 5.74) is 10.0. The molecule has 0 fully saturated rings.